The molecule has 1 amide bonds. The molecule has 22 heavy (non-hydrogen) atoms. The minimum absolute atomic E-state index is 0. The van der Waals surface area contributed by atoms with Crippen molar-refractivity contribution in [2.75, 3.05) is 6.54 Å². The average molecular weight is 327 g/mol. The zero-order valence-corrected chi connectivity index (χ0v) is 12.9. The molecular weight excluding hydrogens is 308 g/mol. The number of nitrogens with one attached hydrogen (secondary N) is 1. The van der Waals surface area contributed by atoms with Crippen molar-refractivity contribution in [1.29, 1.82) is 0 Å². The van der Waals surface area contributed by atoms with E-state index in [2.05, 4.69) is 15.5 Å². The molecule has 2 heterocycles. The Bertz CT molecular complexity index is 605. The Hall–Kier alpha value is -1.86. The summed E-state index contributed by atoms with van der Waals surface area (Å²) in [6, 6.07) is 3.28. The van der Waals surface area contributed by atoms with Crippen molar-refractivity contribution in [3.63, 3.8) is 0 Å². The van der Waals surface area contributed by atoms with Gasteiger partial charge < -0.3 is 20.0 Å². The number of nitrogens with two attached hydrogens (primary N) is 1. The van der Waals surface area contributed by atoms with Crippen LogP contribution in [0, 0.1) is 0 Å². The van der Waals surface area contributed by atoms with Gasteiger partial charge in [-0.25, -0.2) is 0 Å². The average Bonchev–Trinajstić information content (AvgIpc) is 3.20. The van der Waals surface area contributed by atoms with E-state index in [4.69, 9.17) is 14.7 Å². The highest BCUT2D eigenvalue weighted by atomic mass is 35.5. The maximum atomic E-state index is 11.7. The highest BCUT2D eigenvalue weighted by molar-refractivity contribution is 5.91. The fourth-order valence-electron chi connectivity index (χ4n) is 2.57. The third kappa shape index (κ3) is 3.48. The fourth-order valence-corrected chi connectivity index (χ4v) is 2.57. The number of nitrogens with zero attached hydrogens (tertiary/aromatic N) is 2. The quantitative estimate of drug-likeness (QED) is 0.867. The normalized spacial score (nSPS) is 16.2. The van der Waals surface area contributed by atoms with Gasteiger partial charge in [0.1, 0.15) is 0 Å². The Balaban J connectivity index is 0.00000176. The molecule has 0 aromatic carbocycles. The number of rotatable bonds is 5. The van der Waals surface area contributed by atoms with E-state index in [1.54, 1.807) is 12.1 Å². The number of carbonyl (C=O) groups excluding carboxylic acids is 1. The molecule has 0 radical (unpaired) electrons. The molecule has 2 aromatic heterocycles. The molecule has 0 saturated heterocycles. The van der Waals surface area contributed by atoms with Gasteiger partial charge in [-0.05, 0) is 25.0 Å². The third-order valence-electron chi connectivity index (χ3n) is 3.78. The molecule has 0 spiro atoms. The summed E-state index contributed by atoms with van der Waals surface area (Å²) >= 11 is 0. The molecule has 1 aliphatic rings. The van der Waals surface area contributed by atoms with E-state index < -0.39 is 5.54 Å². The van der Waals surface area contributed by atoms with Crippen LogP contribution in [0.1, 0.15) is 48.0 Å². The van der Waals surface area contributed by atoms with E-state index in [-0.39, 0.29) is 24.1 Å². The maximum Gasteiger partial charge on any atom is 0.286 e. The summed E-state index contributed by atoms with van der Waals surface area (Å²) in [5.41, 5.74) is 5.82. The van der Waals surface area contributed by atoms with Gasteiger partial charge in [0.05, 0.1) is 11.8 Å². The number of aromatic nitrogens is 2. The first kappa shape index (κ1) is 16.5. The number of hydrogen-bond donors (Lipinski definition) is 2. The summed E-state index contributed by atoms with van der Waals surface area (Å²) in [6.45, 7) is 0.402. The zero-order valence-electron chi connectivity index (χ0n) is 12.1. The monoisotopic (exact) mass is 326 g/mol. The van der Waals surface area contributed by atoms with E-state index in [0.717, 1.165) is 25.7 Å². The number of amides is 1. The van der Waals surface area contributed by atoms with Crippen LogP contribution in [0.25, 0.3) is 0 Å². The predicted molar refractivity (Wildman–Crippen MR) is 80.6 cm³/mol. The maximum absolute atomic E-state index is 11.7. The van der Waals surface area contributed by atoms with Crippen LogP contribution in [0.15, 0.2) is 27.3 Å². The fraction of sp³-hybridized carbons (Fsp3) is 0.500. The lowest BCUT2D eigenvalue weighted by Gasteiger charge is -2.17. The Labute approximate surface area is 134 Å². The van der Waals surface area contributed by atoms with E-state index in [0.29, 0.717) is 24.7 Å². The van der Waals surface area contributed by atoms with Crippen molar-refractivity contribution < 1.29 is 13.7 Å². The molecule has 0 aliphatic heterocycles. The van der Waals surface area contributed by atoms with Crippen LogP contribution in [0.5, 0.6) is 0 Å². The highest BCUT2D eigenvalue weighted by Gasteiger charge is 2.35. The van der Waals surface area contributed by atoms with Crippen molar-refractivity contribution in [2.24, 2.45) is 5.73 Å². The Kier molecular flexibility index (Phi) is 5.20. The first-order valence-electron chi connectivity index (χ1n) is 7.11. The van der Waals surface area contributed by atoms with Gasteiger partial charge >= 0.3 is 0 Å². The van der Waals surface area contributed by atoms with Gasteiger partial charge in [-0.3, -0.25) is 4.79 Å². The molecule has 0 atom stereocenters. The van der Waals surface area contributed by atoms with Crippen LogP contribution >= 0.6 is 12.4 Å². The molecule has 3 rings (SSSR count). The van der Waals surface area contributed by atoms with Gasteiger partial charge in [-0.1, -0.05) is 18.0 Å². The summed E-state index contributed by atoms with van der Waals surface area (Å²) in [6.07, 6.45) is 5.90. The molecule has 1 aliphatic carbocycles. The third-order valence-corrected chi connectivity index (χ3v) is 3.78. The molecule has 1 saturated carbocycles. The lowest BCUT2D eigenvalue weighted by molar-refractivity contribution is 0.0925. The first-order valence-corrected chi connectivity index (χ1v) is 7.11. The molecular formula is C14H19ClN4O3. The summed E-state index contributed by atoms with van der Waals surface area (Å²) in [5, 5.41) is 6.71. The second-order valence-corrected chi connectivity index (χ2v) is 5.36. The second-order valence-electron chi connectivity index (χ2n) is 5.36. The van der Waals surface area contributed by atoms with Crippen molar-refractivity contribution in [1.82, 2.24) is 15.5 Å². The predicted octanol–water partition coefficient (Wildman–Crippen LogP) is 1.78. The molecule has 0 bridgehead atoms. The molecule has 1 fully saturated rings. The van der Waals surface area contributed by atoms with Crippen molar-refractivity contribution in [3.05, 3.63) is 35.9 Å². The largest absolute Gasteiger partial charge is 0.459 e. The lowest BCUT2D eigenvalue weighted by Crippen LogP contribution is -2.34. The standard InChI is InChI=1S/C14H18N4O3.ClH/c15-14(6-1-2-7-14)13-17-11(21-18-13)5-8-16-12(19)10-4-3-9-20-10;/h3-4,9H,1-2,5-8,15H2,(H,16,19);1H. The molecule has 8 heteroatoms. The van der Waals surface area contributed by atoms with E-state index in [1.165, 1.54) is 6.26 Å². The SMILES string of the molecule is Cl.NC1(c2noc(CCNC(=O)c3ccco3)n2)CCCC1. The Morgan fingerprint density at radius 1 is 1.41 bits per heavy atom. The minimum Gasteiger partial charge on any atom is -0.459 e. The zero-order chi connectivity index (χ0) is 14.7. The molecule has 7 nitrogen and oxygen atoms in total. The highest BCUT2D eigenvalue weighted by Crippen LogP contribution is 2.34. The van der Waals surface area contributed by atoms with Gasteiger partial charge in [-0.15, -0.1) is 12.4 Å². The second kappa shape index (κ2) is 6.93. The van der Waals surface area contributed by atoms with Crippen LogP contribution in [-0.4, -0.2) is 22.6 Å². The van der Waals surface area contributed by atoms with Crippen LogP contribution in [0.4, 0.5) is 0 Å². The molecule has 0 unspecified atom stereocenters. The van der Waals surface area contributed by atoms with E-state index in [1.807, 2.05) is 0 Å². The van der Waals surface area contributed by atoms with Gasteiger partial charge in [0.25, 0.3) is 5.91 Å². The van der Waals surface area contributed by atoms with Gasteiger partial charge in [0.2, 0.25) is 5.89 Å². The van der Waals surface area contributed by atoms with Crippen molar-refractivity contribution in [2.45, 2.75) is 37.6 Å². The van der Waals surface area contributed by atoms with Crippen LogP contribution in [0.2, 0.25) is 0 Å². The molecule has 3 N–H and O–H groups in total. The molecule has 120 valence electrons. The van der Waals surface area contributed by atoms with E-state index >= 15 is 0 Å². The summed E-state index contributed by atoms with van der Waals surface area (Å²) in [4.78, 5) is 16.0. The number of furan rings is 1. The van der Waals surface area contributed by atoms with Gasteiger partial charge in [0, 0.05) is 13.0 Å². The van der Waals surface area contributed by atoms with Crippen LogP contribution in [-0.2, 0) is 12.0 Å². The van der Waals surface area contributed by atoms with E-state index in [9.17, 15) is 4.79 Å². The summed E-state index contributed by atoms with van der Waals surface area (Å²) in [5.74, 6) is 1.09. The first-order chi connectivity index (χ1) is 10.2. The van der Waals surface area contributed by atoms with Crippen LogP contribution < -0.4 is 11.1 Å². The Morgan fingerprint density at radius 2 is 2.18 bits per heavy atom. The van der Waals surface area contributed by atoms with Crippen molar-refractivity contribution in [3.8, 4) is 0 Å². The summed E-state index contributed by atoms with van der Waals surface area (Å²) in [7, 11) is 0. The number of hydrogen-bond acceptors (Lipinski definition) is 6. The van der Waals surface area contributed by atoms with Crippen molar-refractivity contribution >= 4 is 18.3 Å². The molecule has 2 aromatic rings. The van der Waals surface area contributed by atoms with Gasteiger partial charge in [-0.2, -0.15) is 4.98 Å². The summed E-state index contributed by atoms with van der Waals surface area (Å²) < 4.78 is 10.2. The topological polar surface area (TPSA) is 107 Å². The smallest absolute Gasteiger partial charge is 0.286 e. The number of carbonyl (C=O) groups is 1. The minimum atomic E-state index is -0.445. The lowest BCUT2D eigenvalue weighted by atomic mass is 9.99. The number of halogens is 1. The van der Waals surface area contributed by atoms with Crippen LogP contribution in [0.3, 0.4) is 0 Å². The Morgan fingerprint density at radius 3 is 2.86 bits per heavy atom. The van der Waals surface area contributed by atoms with Gasteiger partial charge in [0.15, 0.2) is 11.6 Å².